The van der Waals surface area contributed by atoms with Crippen LogP contribution in [0.2, 0.25) is 0 Å². The number of ether oxygens (including phenoxy) is 1. The standard InChI is InChI=1S/C15H19BrINO2/c1-15(2,11-3-5-18-6-4-11)20-14(19)10-7-12(16)9-13(17)8-10/h7-9,11,18H,3-6H2,1-2H3/p+1. The molecule has 0 aromatic heterocycles. The molecule has 1 heterocycles. The fourth-order valence-corrected chi connectivity index (χ4v) is 4.27. The Hall–Kier alpha value is -0.140. The number of halogens is 2. The molecule has 5 heteroatoms. The topological polar surface area (TPSA) is 42.9 Å². The summed E-state index contributed by atoms with van der Waals surface area (Å²) in [4.78, 5) is 12.4. The molecule has 110 valence electrons. The normalized spacial score (nSPS) is 17.0. The van der Waals surface area contributed by atoms with E-state index in [1.165, 1.54) is 0 Å². The van der Waals surface area contributed by atoms with Gasteiger partial charge < -0.3 is 10.1 Å². The lowest BCUT2D eigenvalue weighted by atomic mass is 9.83. The van der Waals surface area contributed by atoms with Gasteiger partial charge in [0.05, 0.1) is 18.7 Å². The van der Waals surface area contributed by atoms with E-state index < -0.39 is 5.60 Å². The SMILES string of the molecule is CC(C)(OC(=O)c1cc(Br)cc(I)c1)C1CC[NH2+]CC1. The largest absolute Gasteiger partial charge is 0.456 e. The lowest BCUT2D eigenvalue weighted by Crippen LogP contribution is -2.86. The zero-order valence-electron chi connectivity index (χ0n) is 11.8. The van der Waals surface area contributed by atoms with Crippen molar-refractivity contribution in [3.05, 3.63) is 31.8 Å². The van der Waals surface area contributed by atoms with Crippen LogP contribution in [-0.4, -0.2) is 24.7 Å². The predicted molar refractivity (Wildman–Crippen MR) is 90.7 cm³/mol. The number of benzene rings is 1. The van der Waals surface area contributed by atoms with Crippen molar-refractivity contribution < 1.29 is 14.8 Å². The van der Waals surface area contributed by atoms with Crippen molar-refractivity contribution in [1.82, 2.24) is 0 Å². The molecule has 2 rings (SSSR count). The van der Waals surface area contributed by atoms with E-state index in [1.807, 2.05) is 32.0 Å². The van der Waals surface area contributed by atoms with E-state index >= 15 is 0 Å². The first-order valence-electron chi connectivity index (χ1n) is 6.89. The molecular weight excluding hydrogens is 433 g/mol. The maximum absolute atomic E-state index is 12.4. The van der Waals surface area contributed by atoms with Crippen molar-refractivity contribution in [1.29, 1.82) is 0 Å². The van der Waals surface area contributed by atoms with Crippen LogP contribution in [0.3, 0.4) is 0 Å². The van der Waals surface area contributed by atoms with Gasteiger partial charge in [-0.05, 0) is 54.6 Å². The third-order valence-corrected chi connectivity index (χ3v) is 4.96. The molecule has 0 aliphatic carbocycles. The molecule has 3 nitrogen and oxygen atoms in total. The van der Waals surface area contributed by atoms with Crippen LogP contribution < -0.4 is 5.32 Å². The van der Waals surface area contributed by atoms with Crippen molar-refractivity contribution in [2.24, 2.45) is 5.92 Å². The summed E-state index contributed by atoms with van der Waals surface area (Å²) < 4.78 is 7.72. The van der Waals surface area contributed by atoms with Crippen LogP contribution in [0.15, 0.2) is 22.7 Å². The maximum Gasteiger partial charge on any atom is 0.338 e. The quantitative estimate of drug-likeness (QED) is 0.566. The average molecular weight is 453 g/mol. The summed E-state index contributed by atoms with van der Waals surface area (Å²) in [6, 6.07) is 5.65. The second-order valence-electron chi connectivity index (χ2n) is 5.79. The van der Waals surface area contributed by atoms with Crippen LogP contribution in [0.4, 0.5) is 0 Å². The molecule has 0 saturated carbocycles. The van der Waals surface area contributed by atoms with E-state index in [-0.39, 0.29) is 5.97 Å². The summed E-state index contributed by atoms with van der Waals surface area (Å²) >= 11 is 5.62. The third kappa shape index (κ3) is 4.18. The van der Waals surface area contributed by atoms with Crippen molar-refractivity contribution in [3.63, 3.8) is 0 Å². The zero-order valence-corrected chi connectivity index (χ0v) is 15.5. The Kier molecular flexibility index (Phi) is 5.48. The average Bonchev–Trinajstić information content (AvgIpc) is 2.38. The van der Waals surface area contributed by atoms with Crippen LogP contribution in [0.5, 0.6) is 0 Å². The van der Waals surface area contributed by atoms with Gasteiger partial charge in [0, 0.05) is 26.8 Å². The molecule has 1 fully saturated rings. The van der Waals surface area contributed by atoms with Gasteiger partial charge in [-0.2, -0.15) is 0 Å². The highest BCUT2D eigenvalue weighted by atomic mass is 127. The summed E-state index contributed by atoms with van der Waals surface area (Å²) in [5.41, 5.74) is 0.207. The lowest BCUT2D eigenvalue weighted by Gasteiger charge is -2.35. The Labute approximate surface area is 142 Å². The highest BCUT2D eigenvalue weighted by Crippen LogP contribution is 2.29. The first-order valence-corrected chi connectivity index (χ1v) is 8.77. The minimum atomic E-state index is -0.404. The lowest BCUT2D eigenvalue weighted by molar-refractivity contribution is -0.665. The fourth-order valence-electron chi connectivity index (χ4n) is 2.67. The number of quaternary nitrogens is 1. The Morgan fingerprint density at radius 2 is 2.00 bits per heavy atom. The molecule has 0 bridgehead atoms. The van der Waals surface area contributed by atoms with Gasteiger partial charge in [-0.1, -0.05) is 15.9 Å². The number of rotatable bonds is 3. The van der Waals surface area contributed by atoms with Crippen molar-refractivity contribution >= 4 is 44.5 Å². The summed E-state index contributed by atoms with van der Waals surface area (Å²) in [6.45, 7) is 6.31. The monoisotopic (exact) mass is 452 g/mol. The van der Waals surface area contributed by atoms with Gasteiger partial charge >= 0.3 is 5.97 Å². The van der Waals surface area contributed by atoms with Gasteiger partial charge in [-0.25, -0.2) is 4.79 Å². The van der Waals surface area contributed by atoms with Crippen LogP contribution in [-0.2, 0) is 4.74 Å². The smallest absolute Gasteiger partial charge is 0.338 e. The first-order chi connectivity index (χ1) is 9.38. The Morgan fingerprint density at radius 3 is 2.60 bits per heavy atom. The molecule has 20 heavy (non-hydrogen) atoms. The number of carbonyl (C=O) groups is 1. The molecule has 1 saturated heterocycles. The van der Waals surface area contributed by atoms with E-state index in [2.05, 4.69) is 43.8 Å². The number of nitrogens with two attached hydrogens (primary N) is 1. The molecule has 1 aromatic rings. The maximum atomic E-state index is 12.4. The van der Waals surface area contributed by atoms with E-state index in [9.17, 15) is 4.79 Å². The summed E-state index contributed by atoms with van der Waals surface area (Å²) in [5, 5.41) is 2.32. The minimum absolute atomic E-state index is 0.233. The van der Waals surface area contributed by atoms with Crippen molar-refractivity contribution in [3.8, 4) is 0 Å². The van der Waals surface area contributed by atoms with Gasteiger partial charge in [0.2, 0.25) is 0 Å². The minimum Gasteiger partial charge on any atom is -0.456 e. The number of esters is 1. The molecule has 0 atom stereocenters. The first kappa shape index (κ1) is 16.2. The van der Waals surface area contributed by atoms with Gasteiger partial charge in [0.15, 0.2) is 0 Å². The van der Waals surface area contributed by atoms with Crippen LogP contribution in [0.25, 0.3) is 0 Å². The molecule has 0 unspecified atom stereocenters. The Bertz CT molecular complexity index is 478. The van der Waals surface area contributed by atoms with Crippen LogP contribution >= 0.6 is 38.5 Å². The van der Waals surface area contributed by atoms with Crippen molar-refractivity contribution in [2.75, 3.05) is 13.1 Å². The van der Waals surface area contributed by atoms with Gasteiger partial charge in [0.25, 0.3) is 0 Å². The molecule has 0 radical (unpaired) electrons. The molecule has 1 aliphatic heterocycles. The van der Waals surface area contributed by atoms with Gasteiger partial charge in [-0.15, -0.1) is 0 Å². The highest BCUT2D eigenvalue weighted by molar-refractivity contribution is 14.1. The third-order valence-electron chi connectivity index (χ3n) is 3.88. The van der Waals surface area contributed by atoms with E-state index in [4.69, 9.17) is 4.74 Å². The summed E-state index contributed by atoms with van der Waals surface area (Å²) in [6.07, 6.45) is 2.21. The number of piperidine rings is 1. The van der Waals surface area contributed by atoms with Crippen LogP contribution in [0, 0.1) is 9.49 Å². The van der Waals surface area contributed by atoms with E-state index in [1.54, 1.807) is 0 Å². The second kappa shape index (κ2) is 6.75. The van der Waals surface area contributed by atoms with Gasteiger partial charge in [-0.3, -0.25) is 0 Å². The summed E-state index contributed by atoms with van der Waals surface area (Å²) in [7, 11) is 0. The number of carbonyl (C=O) groups excluding carboxylic acids is 1. The van der Waals surface area contributed by atoms with Gasteiger partial charge in [0.1, 0.15) is 5.60 Å². The molecule has 1 aliphatic rings. The predicted octanol–water partition coefficient (Wildman–Crippen LogP) is 2.96. The fraction of sp³-hybridized carbons (Fsp3) is 0.533. The molecule has 1 aromatic carbocycles. The Balaban J connectivity index is 2.09. The Morgan fingerprint density at radius 1 is 1.35 bits per heavy atom. The van der Waals surface area contributed by atoms with Crippen molar-refractivity contribution in [2.45, 2.75) is 32.3 Å². The molecule has 0 spiro atoms. The van der Waals surface area contributed by atoms with E-state index in [0.29, 0.717) is 11.5 Å². The second-order valence-corrected chi connectivity index (χ2v) is 7.95. The number of hydrogen-bond acceptors (Lipinski definition) is 2. The highest BCUT2D eigenvalue weighted by Gasteiger charge is 2.35. The van der Waals surface area contributed by atoms with Crippen LogP contribution in [0.1, 0.15) is 37.0 Å². The summed E-state index contributed by atoms with van der Waals surface area (Å²) in [5.74, 6) is 0.214. The zero-order chi connectivity index (χ0) is 14.8. The molecular formula is C15H20BrINO2+. The number of hydrogen-bond donors (Lipinski definition) is 1. The molecule has 0 amide bonds. The molecule has 2 N–H and O–H groups in total. The van der Waals surface area contributed by atoms with E-state index in [0.717, 1.165) is 34.0 Å².